The van der Waals surface area contributed by atoms with Crippen molar-refractivity contribution in [3.63, 3.8) is 0 Å². The number of methoxy groups -OCH3 is 4. The van der Waals surface area contributed by atoms with Gasteiger partial charge in [0.25, 0.3) is 0 Å². The predicted octanol–water partition coefficient (Wildman–Crippen LogP) is 5.96. The molecular weight excluding hydrogens is 464 g/mol. The van der Waals surface area contributed by atoms with Crippen molar-refractivity contribution in [2.24, 2.45) is 5.92 Å². The van der Waals surface area contributed by atoms with E-state index in [4.69, 9.17) is 18.9 Å². The Morgan fingerprint density at radius 1 is 0.811 bits per heavy atom. The number of ether oxygens (including phenoxy) is 4. The number of hydrogen-bond acceptors (Lipinski definition) is 6. The first-order valence-electron chi connectivity index (χ1n) is 13.7. The zero-order chi connectivity index (χ0) is 27.3. The van der Waals surface area contributed by atoms with E-state index >= 15 is 0 Å². The highest BCUT2D eigenvalue weighted by Crippen LogP contribution is 2.40. The Morgan fingerprint density at radius 2 is 1.43 bits per heavy atom. The SMILES string of the molecule is CCCCNCC(CCCN(C)CCc1ccc(OC)c(OC)c1)(c1ccc(OC)c(OC)c1)C(C)C. The predicted molar refractivity (Wildman–Crippen MR) is 154 cm³/mol. The van der Waals surface area contributed by atoms with Gasteiger partial charge in [0, 0.05) is 18.5 Å². The van der Waals surface area contributed by atoms with Crippen molar-refractivity contribution in [2.45, 2.75) is 58.3 Å². The van der Waals surface area contributed by atoms with E-state index in [9.17, 15) is 0 Å². The van der Waals surface area contributed by atoms with E-state index in [2.05, 4.69) is 62.3 Å². The van der Waals surface area contributed by atoms with Gasteiger partial charge < -0.3 is 29.2 Å². The fourth-order valence-corrected chi connectivity index (χ4v) is 5.05. The normalized spacial score (nSPS) is 13.0. The maximum Gasteiger partial charge on any atom is 0.161 e. The lowest BCUT2D eigenvalue weighted by atomic mass is 9.68. The fraction of sp³-hybridized carbons (Fsp3) is 0.613. The molecule has 0 bridgehead atoms. The van der Waals surface area contributed by atoms with Crippen LogP contribution in [-0.4, -0.2) is 66.6 Å². The molecule has 37 heavy (non-hydrogen) atoms. The molecule has 1 unspecified atom stereocenters. The molecule has 0 amide bonds. The molecule has 0 aliphatic carbocycles. The lowest BCUT2D eigenvalue weighted by Crippen LogP contribution is -2.43. The second-order valence-electron chi connectivity index (χ2n) is 10.3. The zero-order valence-electron chi connectivity index (χ0n) is 24.5. The summed E-state index contributed by atoms with van der Waals surface area (Å²) in [6, 6.07) is 12.6. The Hall–Kier alpha value is -2.44. The summed E-state index contributed by atoms with van der Waals surface area (Å²) in [5, 5.41) is 3.77. The lowest BCUT2D eigenvalue weighted by molar-refractivity contribution is 0.240. The van der Waals surface area contributed by atoms with Gasteiger partial charge in [0.05, 0.1) is 28.4 Å². The van der Waals surface area contributed by atoms with Gasteiger partial charge in [-0.15, -0.1) is 0 Å². The van der Waals surface area contributed by atoms with Crippen LogP contribution in [0, 0.1) is 5.92 Å². The van der Waals surface area contributed by atoms with E-state index in [-0.39, 0.29) is 5.41 Å². The van der Waals surface area contributed by atoms with Crippen molar-refractivity contribution in [1.29, 1.82) is 0 Å². The minimum Gasteiger partial charge on any atom is -0.493 e. The molecule has 2 rings (SSSR count). The summed E-state index contributed by atoms with van der Waals surface area (Å²) in [4.78, 5) is 2.43. The highest BCUT2D eigenvalue weighted by molar-refractivity contribution is 5.46. The van der Waals surface area contributed by atoms with E-state index in [1.807, 2.05) is 12.1 Å². The molecule has 0 heterocycles. The number of rotatable bonds is 18. The van der Waals surface area contributed by atoms with Gasteiger partial charge in [-0.3, -0.25) is 0 Å². The molecule has 2 aromatic rings. The Balaban J connectivity index is 2.10. The highest BCUT2D eigenvalue weighted by Gasteiger charge is 2.35. The number of nitrogens with one attached hydrogen (secondary N) is 1. The minimum absolute atomic E-state index is 0.0114. The van der Waals surface area contributed by atoms with Gasteiger partial charge in [0.15, 0.2) is 23.0 Å². The van der Waals surface area contributed by atoms with Crippen LogP contribution in [0.3, 0.4) is 0 Å². The number of likely N-dealkylation sites (N-methyl/N-ethyl adjacent to an activating group) is 1. The summed E-state index contributed by atoms with van der Waals surface area (Å²) in [5.74, 6) is 3.60. The summed E-state index contributed by atoms with van der Waals surface area (Å²) in [6.07, 6.45) is 5.58. The third kappa shape index (κ3) is 8.54. The van der Waals surface area contributed by atoms with Crippen molar-refractivity contribution in [2.75, 3.05) is 61.7 Å². The molecule has 0 radical (unpaired) electrons. The van der Waals surface area contributed by atoms with E-state index in [0.717, 1.165) is 68.4 Å². The highest BCUT2D eigenvalue weighted by atomic mass is 16.5. The average molecular weight is 515 g/mol. The smallest absolute Gasteiger partial charge is 0.161 e. The monoisotopic (exact) mass is 514 g/mol. The Labute approximate surface area is 225 Å². The van der Waals surface area contributed by atoms with Gasteiger partial charge in [0.2, 0.25) is 0 Å². The first-order valence-corrected chi connectivity index (χ1v) is 13.7. The van der Waals surface area contributed by atoms with Crippen molar-refractivity contribution >= 4 is 0 Å². The molecule has 0 saturated carbocycles. The van der Waals surface area contributed by atoms with Crippen LogP contribution in [0.2, 0.25) is 0 Å². The summed E-state index contributed by atoms with van der Waals surface area (Å²) in [7, 11) is 8.98. The molecule has 208 valence electrons. The van der Waals surface area contributed by atoms with Gasteiger partial charge in [-0.25, -0.2) is 0 Å². The molecule has 0 saturated heterocycles. The van der Waals surface area contributed by atoms with Crippen molar-refractivity contribution in [1.82, 2.24) is 10.2 Å². The number of unbranched alkanes of at least 4 members (excludes halogenated alkanes) is 1. The Morgan fingerprint density at radius 3 is 2.03 bits per heavy atom. The van der Waals surface area contributed by atoms with Crippen LogP contribution in [0.1, 0.15) is 57.6 Å². The number of hydrogen-bond donors (Lipinski definition) is 1. The maximum absolute atomic E-state index is 5.67. The number of nitrogens with zero attached hydrogens (tertiary/aromatic N) is 1. The maximum atomic E-state index is 5.67. The van der Waals surface area contributed by atoms with Gasteiger partial charge in [0.1, 0.15) is 0 Å². The van der Waals surface area contributed by atoms with E-state index in [1.54, 1.807) is 28.4 Å². The van der Waals surface area contributed by atoms with Crippen molar-refractivity contribution < 1.29 is 18.9 Å². The topological polar surface area (TPSA) is 52.2 Å². The summed E-state index contributed by atoms with van der Waals surface area (Å²) in [6.45, 7) is 11.0. The zero-order valence-corrected chi connectivity index (χ0v) is 24.5. The van der Waals surface area contributed by atoms with Crippen LogP contribution < -0.4 is 24.3 Å². The largest absolute Gasteiger partial charge is 0.493 e. The molecular formula is C31H50N2O4. The molecule has 1 N–H and O–H groups in total. The van der Waals surface area contributed by atoms with Crippen LogP contribution in [0.4, 0.5) is 0 Å². The molecule has 6 heteroatoms. The quantitative estimate of drug-likeness (QED) is 0.248. The van der Waals surface area contributed by atoms with Crippen molar-refractivity contribution in [3.8, 4) is 23.0 Å². The standard InChI is InChI=1S/C31H50N2O4/c1-9-10-18-32-23-31(24(2)3,26-13-15-28(35-6)30(22-26)37-8)17-11-19-33(4)20-16-25-12-14-27(34-5)29(21-25)36-7/h12-15,21-22,24,32H,9-11,16-20,23H2,1-8H3. The van der Waals surface area contributed by atoms with Crippen LogP contribution in [-0.2, 0) is 11.8 Å². The van der Waals surface area contributed by atoms with E-state index < -0.39 is 0 Å². The first-order chi connectivity index (χ1) is 17.8. The van der Waals surface area contributed by atoms with Crippen molar-refractivity contribution in [3.05, 3.63) is 47.5 Å². The second-order valence-corrected chi connectivity index (χ2v) is 10.3. The Bertz CT molecular complexity index is 933. The van der Waals surface area contributed by atoms with Crippen LogP contribution >= 0.6 is 0 Å². The molecule has 1 atom stereocenters. The van der Waals surface area contributed by atoms with E-state index in [1.165, 1.54) is 24.0 Å². The summed E-state index contributed by atoms with van der Waals surface area (Å²) in [5.41, 5.74) is 2.58. The molecule has 0 spiro atoms. The molecule has 0 aromatic heterocycles. The lowest BCUT2D eigenvalue weighted by Gasteiger charge is -2.40. The van der Waals surface area contributed by atoms with Crippen LogP contribution in [0.25, 0.3) is 0 Å². The molecule has 0 fully saturated rings. The van der Waals surface area contributed by atoms with Crippen LogP contribution in [0.5, 0.6) is 23.0 Å². The molecule has 2 aromatic carbocycles. The van der Waals surface area contributed by atoms with Gasteiger partial charge in [-0.05, 0) is 87.1 Å². The average Bonchev–Trinajstić information content (AvgIpc) is 2.92. The second kappa shape index (κ2) is 15.7. The number of benzene rings is 2. The first kappa shape index (κ1) is 30.8. The van der Waals surface area contributed by atoms with Gasteiger partial charge in [-0.2, -0.15) is 0 Å². The molecule has 0 aliphatic rings. The molecule has 6 nitrogen and oxygen atoms in total. The minimum atomic E-state index is 0.0114. The third-order valence-electron chi connectivity index (χ3n) is 7.60. The van der Waals surface area contributed by atoms with Gasteiger partial charge >= 0.3 is 0 Å². The summed E-state index contributed by atoms with van der Waals surface area (Å²) < 4.78 is 22.0. The fourth-order valence-electron chi connectivity index (χ4n) is 5.05. The van der Waals surface area contributed by atoms with Gasteiger partial charge in [-0.1, -0.05) is 39.3 Å². The van der Waals surface area contributed by atoms with E-state index in [0.29, 0.717) is 5.92 Å². The molecule has 0 aliphatic heterocycles. The Kier molecular flexibility index (Phi) is 13.1. The summed E-state index contributed by atoms with van der Waals surface area (Å²) >= 11 is 0. The third-order valence-corrected chi connectivity index (χ3v) is 7.60. The van der Waals surface area contributed by atoms with Crippen LogP contribution in [0.15, 0.2) is 36.4 Å².